The smallest absolute Gasteiger partial charge is 0.272 e. The molecule has 23 heavy (non-hydrogen) atoms. The number of benzene rings is 1. The standard InChI is InChI=1S/C14H16Cl2N2O3S2/c1-9-14(23(16,19)20)22-13(17-9)11-8-10(15)4-5-12(11)21-7-6-18(2)3/h4-5,8H,6-7H2,1-3H3. The SMILES string of the molecule is Cc1nc(-c2cc(Cl)ccc2OCCN(C)C)sc1S(=O)(=O)Cl. The summed E-state index contributed by atoms with van der Waals surface area (Å²) in [5, 5.41) is 1.02. The lowest BCUT2D eigenvalue weighted by Crippen LogP contribution is -2.19. The van der Waals surface area contributed by atoms with Crippen molar-refractivity contribution in [2.75, 3.05) is 27.2 Å². The van der Waals surface area contributed by atoms with Crippen LogP contribution in [-0.2, 0) is 9.05 Å². The molecular weight excluding hydrogens is 379 g/mol. The monoisotopic (exact) mass is 394 g/mol. The van der Waals surface area contributed by atoms with Gasteiger partial charge in [-0.2, -0.15) is 0 Å². The van der Waals surface area contributed by atoms with Gasteiger partial charge in [0.05, 0.1) is 11.3 Å². The number of halogens is 2. The minimum atomic E-state index is -3.82. The molecule has 126 valence electrons. The van der Waals surface area contributed by atoms with Gasteiger partial charge in [0.2, 0.25) is 0 Å². The highest BCUT2D eigenvalue weighted by Gasteiger charge is 2.21. The number of hydrogen-bond acceptors (Lipinski definition) is 6. The fourth-order valence-electron chi connectivity index (χ4n) is 1.86. The highest BCUT2D eigenvalue weighted by molar-refractivity contribution is 8.15. The molecule has 0 spiro atoms. The van der Waals surface area contributed by atoms with Crippen molar-refractivity contribution in [1.29, 1.82) is 0 Å². The van der Waals surface area contributed by atoms with Gasteiger partial charge in [-0.05, 0) is 39.2 Å². The Bertz CT molecular complexity index is 804. The van der Waals surface area contributed by atoms with Crippen molar-refractivity contribution in [3.8, 4) is 16.3 Å². The van der Waals surface area contributed by atoms with Crippen LogP contribution in [0.4, 0.5) is 0 Å². The van der Waals surface area contributed by atoms with E-state index in [-0.39, 0.29) is 4.21 Å². The van der Waals surface area contributed by atoms with Crippen molar-refractivity contribution in [2.45, 2.75) is 11.1 Å². The lowest BCUT2D eigenvalue weighted by Gasteiger charge is -2.13. The Hall–Kier alpha value is -0.860. The molecule has 0 radical (unpaired) electrons. The zero-order valence-electron chi connectivity index (χ0n) is 12.8. The molecule has 1 heterocycles. The number of rotatable bonds is 6. The summed E-state index contributed by atoms with van der Waals surface area (Å²) in [5.74, 6) is 0.600. The molecule has 2 rings (SSSR count). The molecule has 1 aromatic heterocycles. The highest BCUT2D eigenvalue weighted by atomic mass is 35.7. The molecular formula is C14H16Cl2N2O3S2. The minimum absolute atomic E-state index is 0.0355. The first-order chi connectivity index (χ1) is 10.7. The van der Waals surface area contributed by atoms with E-state index < -0.39 is 9.05 Å². The minimum Gasteiger partial charge on any atom is -0.492 e. The van der Waals surface area contributed by atoms with Crippen LogP contribution in [0.15, 0.2) is 22.4 Å². The molecule has 0 amide bonds. The van der Waals surface area contributed by atoms with E-state index in [1.807, 2.05) is 19.0 Å². The maximum atomic E-state index is 11.6. The molecule has 5 nitrogen and oxygen atoms in total. The first-order valence-electron chi connectivity index (χ1n) is 6.68. The predicted molar refractivity (Wildman–Crippen MR) is 94.4 cm³/mol. The van der Waals surface area contributed by atoms with Gasteiger partial charge in [-0.1, -0.05) is 11.6 Å². The summed E-state index contributed by atoms with van der Waals surface area (Å²) in [6.45, 7) is 2.85. The average molecular weight is 395 g/mol. The van der Waals surface area contributed by atoms with Gasteiger partial charge >= 0.3 is 0 Å². The van der Waals surface area contributed by atoms with E-state index in [0.29, 0.717) is 33.6 Å². The molecule has 0 fully saturated rings. The summed E-state index contributed by atoms with van der Waals surface area (Å²) in [7, 11) is 5.51. The number of hydrogen-bond donors (Lipinski definition) is 0. The Morgan fingerprint density at radius 1 is 1.35 bits per heavy atom. The van der Waals surface area contributed by atoms with E-state index in [9.17, 15) is 8.42 Å². The summed E-state index contributed by atoms with van der Waals surface area (Å²) in [6, 6.07) is 5.17. The highest BCUT2D eigenvalue weighted by Crippen LogP contribution is 2.38. The second-order valence-corrected chi connectivity index (χ2v) is 9.32. The van der Waals surface area contributed by atoms with Crippen LogP contribution in [0.2, 0.25) is 5.02 Å². The lowest BCUT2D eigenvalue weighted by atomic mass is 10.2. The van der Waals surface area contributed by atoms with Crippen LogP contribution in [0.1, 0.15) is 5.69 Å². The molecule has 0 aliphatic carbocycles. The van der Waals surface area contributed by atoms with E-state index >= 15 is 0 Å². The summed E-state index contributed by atoms with van der Waals surface area (Å²) < 4.78 is 29.0. The first-order valence-corrected chi connectivity index (χ1v) is 10.2. The van der Waals surface area contributed by atoms with Crippen molar-refractivity contribution in [1.82, 2.24) is 9.88 Å². The molecule has 0 saturated carbocycles. The summed E-state index contributed by atoms with van der Waals surface area (Å²) in [4.78, 5) is 6.30. The van der Waals surface area contributed by atoms with Gasteiger partial charge in [0, 0.05) is 22.2 Å². The fourth-order valence-corrected chi connectivity index (χ4v) is 4.50. The van der Waals surface area contributed by atoms with Crippen LogP contribution in [0.5, 0.6) is 5.75 Å². The van der Waals surface area contributed by atoms with Gasteiger partial charge in [-0.3, -0.25) is 0 Å². The zero-order valence-corrected chi connectivity index (χ0v) is 16.0. The Morgan fingerprint density at radius 2 is 2.04 bits per heavy atom. The van der Waals surface area contributed by atoms with E-state index in [1.165, 1.54) is 0 Å². The second kappa shape index (κ2) is 7.36. The third-order valence-electron chi connectivity index (χ3n) is 2.94. The van der Waals surface area contributed by atoms with Crippen molar-refractivity contribution in [3.05, 3.63) is 28.9 Å². The Labute approximate surface area is 149 Å². The van der Waals surface area contributed by atoms with E-state index in [0.717, 1.165) is 17.9 Å². The van der Waals surface area contributed by atoms with Crippen molar-refractivity contribution in [3.63, 3.8) is 0 Å². The van der Waals surface area contributed by atoms with Crippen LogP contribution < -0.4 is 4.74 Å². The Morgan fingerprint density at radius 3 is 2.61 bits per heavy atom. The van der Waals surface area contributed by atoms with Gasteiger partial charge < -0.3 is 9.64 Å². The quantitative estimate of drug-likeness (QED) is 0.699. The number of thiazole rings is 1. The second-order valence-electron chi connectivity index (χ2n) is 5.12. The third-order valence-corrected chi connectivity index (χ3v) is 6.55. The van der Waals surface area contributed by atoms with Crippen LogP contribution in [0.3, 0.4) is 0 Å². The topological polar surface area (TPSA) is 59.5 Å². The van der Waals surface area contributed by atoms with Crippen molar-refractivity contribution < 1.29 is 13.2 Å². The molecule has 0 aliphatic heterocycles. The molecule has 9 heteroatoms. The number of aryl methyl sites for hydroxylation is 1. The molecule has 0 bridgehead atoms. The van der Waals surface area contributed by atoms with Gasteiger partial charge in [-0.25, -0.2) is 13.4 Å². The van der Waals surface area contributed by atoms with Crippen molar-refractivity contribution >= 4 is 42.7 Å². The van der Waals surface area contributed by atoms with Gasteiger partial charge in [0.15, 0.2) is 4.21 Å². The predicted octanol–water partition coefficient (Wildman–Crippen LogP) is 3.64. The maximum absolute atomic E-state index is 11.6. The van der Waals surface area contributed by atoms with Gasteiger partial charge in [0.1, 0.15) is 17.4 Å². The first kappa shape index (κ1) is 18.5. The van der Waals surface area contributed by atoms with E-state index in [4.69, 9.17) is 27.0 Å². The van der Waals surface area contributed by atoms with Gasteiger partial charge in [-0.15, -0.1) is 11.3 Å². The van der Waals surface area contributed by atoms with Crippen LogP contribution in [0, 0.1) is 6.92 Å². The van der Waals surface area contributed by atoms with Crippen LogP contribution >= 0.6 is 33.6 Å². The molecule has 1 aromatic carbocycles. The number of ether oxygens (including phenoxy) is 1. The molecule has 0 N–H and O–H groups in total. The summed E-state index contributed by atoms with van der Waals surface area (Å²) >= 11 is 7.06. The Balaban J connectivity index is 2.40. The van der Waals surface area contributed by atoms with E-state index in [1.54, 1.807) is 25.1 Å². The fraction of sp³-hybridized carbons (Fsp3) is 0.357. The van der Waals surface area contributed by atoms with Crippen molar-refractivity contribution in [2.24, 2.45) is 0 Å². The summed E-state index contributed by atoms with van der Waals surface area (Å²) in [6.07, 6.45) is 0. The molecule has 0 unspecified atom stereocenters. The lowest BCUT2D eigenvalue weighted by molar-refractivity contribution is 0.262. The average Bonchev–Trinajstić information content (AvgIpc) is 2.82. The molecule has 0 aliphatic rings. The maximum Gasteiger partial charge on any atom is 0.272 e. The third kappa shape index (κ3) is 4.81. The van der Waals surface area contributed by atoms with E-state index in [2.05, 4.69) is 4.98 Å². The Kier molecular flexibility index (Phi) is 5.91. The zero-order chi connectivity index (χ0) is 17.2. The largest absolute Gasteiger partial charge is 0.492 e. The number of likely N-dealkylation sites (N-methyl/N-ethyl adjacent to an activating group) is 1. The van der Waals surface area contributed by atoms with Crippen LogP contribution in [-0.4, -0.2) is 45.5 Å². The number of nitrogens with zero attached hydrogens (tertiary/aromatic N) is 2. The molecule has 0 saturated heterocycles. The molecule has 2 aromatic rings. The summed E-state index contributed by atoms with van der Waals surface area (Å²) in [5.41, 5.74) is 1.01. The van der Waals surface area contributed by atoms with Gasteiger partial charge in [0.25, 0.3) is 9.05 Å². The molecule has 0 atom stereocenters. The number of aromatic nitrogens is 1. The normalized spacial score (nSPS) is 11.9. The van der Waals surface area contributed by atoms with Crippen LogP contribution in [0.25, 0.3) is 10.6 Å².